The van der Waals surface area contributed by atoms with Gasteiger partial charge in [0, 0.05) is 10.6 Å². The topological polar surface area (TPSA) is 45.6 Å². The van der Waals surface area contributed by atoms with Crippen molar-refractivity contribution in [2.45, 2.75) is 13.1 Å². The molecule has 0 unspecified atom stereocenters. The maximum Gasteiger partial charge on any atom is 0.418 e. The van der Waals surface area contributed by atoms with E-state index in [1.54, 1.807) is 12.1 Å². The summed E-state index contributed by atoms with van der Waals surface area (Å²) < 4.78 is 44.6. The molecule has 0 aliphatic heterocycles. The monoisotopic (exact) mass is 401 g/mol. The van der Waals surface area contributed by atoms with Gasteiger partial charge in [-0.15, -0.1) is 0 Å². The molecule has 0 aromatic heterocycles. The van der Waals surface area contributed by atoms with Crippen molar-refractivity contribution < 1.29 is 17.9 Å². The number of anilines is 1. The second-order valence-electron chi connectivity index (χ2n) is 4.98. The van der Waals surface area contributed by atoms with Crippen molar-refractivity contribution >= 4 is 40.8 Å². The molecule has 26 heavy (non-hydrogen) atoms. The van der Waals surface area contributed by atoms with Crippen LogP contribution in [0.25, 0.3) is 0 Å². The average Bonchev–Trinajstić information content (AvgIpc) is 2.57. The maximum absolute atomic E-state index is 13.1. The van der Waals surface area contributed by atoms with Gasteiger partial charge in [0.25, 0.3) is 0 Å². The van der Waals surface area contributed by atoms with Crippen LogP contribution in [-0.2, 0) is 6.18 Å². The molecule has 2 aromatic carbocycles. The van der Waals surface area contributed by atoms with Gasteiger partial charge in [-0.3, -0.25) is 5.43 Å². The lowest BCUT2D eigenvalue weighted by molar-refractivity contribution is -0.136. The minimum absolute atomic E-state index is 0.0210. The van der Waals surface area contributed by atoms with E-state index in [9.17, 15) is 13.2 Å². The number of para-hydroxylation sites is 1. The zero-order chi connectivity index (χ0) is 19.2. The van der Waals surface area contributed by atoms with Crippen molar-refractivity contribution in [3.8, 4) is 5.75 Å². The van der Waals surface area contributed by atoms with Crippen molar-refractivity contribution in [3.63, 3.8) is 0 Å². The van der Waals surface area contributed by atoms with E-state index in [0.29, 0.717) is 17.9 Å². The SMILES string of the molecule is CCOc1ccccc1C=NNC(=S)Nc1ccc(Cl)cc1C(F)(F)F. The van der Waals surface area contributed by atoms with Crippen LogP contribution < -0.4 is 15.5 Å². The summed E-state index contributed by atoms with van der Waals surface area (Å²) in [5.74, 6) is 0.636. The van der Waals surface area contributed by atoms with E-state index < -0.39 is 11.7 Å². The Hall–Kier alpha value is -2.32. The van der Waals surface area contributed by atoms with Gasteiger partial charge < -0.3 is 10.1 Å². The van der Waals surface area contributed by atoms with Gasteiger partial charge in [-0.05, 0) is 49.5 Å². The molecule has 2 rings (SSSR count). The van der Waals surface area contributed by atoms with Crippen molar-refractivity contribution in [2.24, 2.45) is 5.10 Å². The fourth-order valence-corrected chi connectivity index (χ4v) is 2.38. The third-order valence-corrected chi connectivity index (χ3v) is 3.55. The lowest BCUT2D eigenvalue weighted by Crippen LogP contribution is -2.25. The Balaban J connectivity index is 2.06. The van der Waals surface area contributed by atoms with E-state index in [-0.39, 0.29) is 15.8 Å². The summed E-state index contributed by atoms with van der Waals surface area (Å²) in [5.41, 5.74) is 2.04. The highest BCUT2D eigenvalue weighted by Gasteiger charge is 2.34. The van der Waals surface area contributed by atoms with Crippen LogP contribution in [0, 0.1) is 0 Å². The summed E-state index contributed by atoms with van der Waals surface area (Å²) in [6, 6.07) is 10.6. The highest BCUT2D eigenvalue weighted by atomic mass is 35.5. The maximum atomic E-state index is 13.1. The molecular weight excluding hydrogens is 387 g/mol. The van der Waals surface area contributed by atoms with Gasteiger partial charge in [0.15, 0.2) is 5.11 Å². The number of nitrogens with one attached hydrogen (secondary N) is 2. The van der Waals surface area contributed by atoms with Gasteiger partial charge in [0.1, 0.15) is 5.75 Å². The van der Waals surface area contributed by atoms with Gasteiger partial charge in [-0.25, -0.2) is 0 Å². The number of halogens is 4. The third kappa shape index (κ3) is 5.60. The molecule has 0 saturated carbocycles. The van der Waals surface area contributed by atoms with Gasteiger partial charge in [0.05, 0.1) is 24.1 Å². The first-order valence-electron chi connectivity index (χ1n) is 7.50. The molecule has 0 fully saturated rings. The predicted octanol–water partition coefficient (Wildman–Crippen LogP) is 5.08. The summed E-state index contributed by atoms with van der Waals surface area (Å²) in [5, 5.41) is 6.28. The van der Waals surface area contributed by atoms with E-state index in [1.807, 2.05) is 19.1 Å². The van der Waals surface area contributed by atoms with Crippen LogP contribution in [0.2, 0.25) is 5.02 Å². The zero-order valence-corrected chi connectivity index (χ0v) is 15.2. The fourth-order valence-electron chi connectivity index (χ4n) is 2.04. The molecule has 0 bridgehead atoms. The summed E-state index contributed by atoms with van der Waals surface area (Å²) >= 11 is 10.6. The van der Waals surface area contributed by atoms with Crippen molar-refractivity contribution in [1.82, 2.24) is 5.43 Å². The normalized spacial score (nSPS) is 11.4. The van der Waals surface area contributed by atoms with E-state index in [2.05, 4.69) is 15.8 Å². The molecule has 0 aliphatic rings. The first-order chi connectivity index (χ1) is 12.3. The number of thiocarbonyl (C=S) groups is 1. The van der Waals surface area contributed by atoms with Gasteiger partial charge in [-0.1, -0.05) is 23.7 Å². The Bertz CT molecular complexity index is 812. The number of hydrogen-bond acceptors (Lipinski definition) is 3. The first kappa shape index (κ1) is 20.0. The molecule has 0 amide bonds. The Morgan fingerprint density at radius 2 is 2.00 bits per heavy atom. The van der Waals surface area contributed by atoms with Crippen molar-refractivity contribution in [2.75, 3.05) is 11.9 Å². The number of rotatable bonds is 5. The summed E-state index contributed by atoms with van der Waals surface area (Å²) in [6.45, 7) is 2.35. The lowest BCUT2D eigenvalue weighted by Gasteiger charge is -2.15. The van der Waals surface area contributed by atoms with Crippen LogP contribution in [0.4, 0.5) is 18.9 Å². The summed E-state index contributed by atoms with van der Waals surface area (Å²) in [7, 11) is 0. The summed E-state index contributed by atoms with van der Waals surface area (Å²) in [4.78, 5) is 0. The van der Waals surface area contributed by atoms with Gasteiger partial charge in [-0.2, -0.15) is 18.3 Å². The number of hydrogen-bond donors (Lipinski definition) is 2. The van der Waals surface area contributed by atoms with Crippen molar-refractivity contribution in [3.05, 3.63) is 58.6 Å². The fraction of sp³-hybridized carbons (Fsp3) is 0.176. The Morgan fingerprint density at radius 1 is 1.27 bits per heavy atom. The van der Waals surface area contributed by atoms with Crippen LogP contribution in [0.3, 0.4) is 0 Å². The van der Waals surface area contributed by atoms with Crippen LogP contribution in [-0.4, -0.2) is 17.9 Å². The summed E-state index contributed by atoms with van der Waals surface area (Å²) in [6.07, 6.45) is -3.10. The number of ether oxygens (including phenoxy) is 1. The van der Waals surface area contributed by atoms with Gasteiger partial charge in [0.2, 0.25) is 0 Å². The quantitative estimate of drug-likeness (QED) is 0.417. The number of benzene rings is 2. The number of nitrogens with zero attached hydrogens (tertiary/aromatic N) is 1. The minimum atomic E-state index is -4.57. The third-order valence-electron chi connectivity index (χ3n) is 3.12. The van der Waals surface area contributed by atoms with E-state index in [1.165, 1.54) is 18.3 Å². The van der Waals surface area contributed by atoms with Crippen LogP contribution in [0.15, 0.2) is 47.6 Å². The molecule has 2 aromatic rings. The second-order valence-corrected chi connectivity index (χ2v) is 5.83. The molecule has 0 atom stereocenters. The Morgan fingerprint density at radius 3 is 2.69 bits per heavy atom. The Kier molecular flexibility index (Phi) is 6.82. The van der Waals surface area contributed by atoms with E-state index in [4.69, 9.17) is 28.6 Å². The standard InChI is InChI=1S/C17H15ClF3N3OS/c1-2-25-15-6-4-3-5-11(15)10-22-24-16(26)23-14-8-7-12(18)9-13(14)17(19,20)21/h3-10H,2H2,1H3,(H2,23,24,26). The average molecular weight is 402 g/mol. The molecule has 0 radical (unpaired) electrons. The molecule has 0 aliphatic carbocycles. The van der Waals surface area contributed by atoms with Crippen LogP contribution in [0.5, 0.6) is 5.75 Å². The van der Waals surface area contributed by atoms with E-state index >= 15 is 0 Å². The lowest BCUT2D eigenvalue weighted by atomic mass is 10.1. The van der Waals surface area contributed by atoms with E-state index in [0.717, 1.165) is 6.07 Å². The molecule has 0 spiro atoms. The second kappa shape index (κ2) is 8.86. The molecule has 138 valence electrons. The molecule has 2 N–H and O–H groups in total. The first-order valence-corrected chi connectivity index (χ1v) is 8.28. The predicted molar refractivity (Wildman–Crippen MR) is 101 cm³/mol. The largest absolute Gasteiger partial charge is 0.493 e. The minimum Gasteiger partial charge on any atom is -0.493 e. The molecule has 0 saturated heterocycles. The van der Waals surface area contributed by atoms with Gasteiger partial charge >= 0.3 is 6.18 Å². The highest BCUT2D eigenvalue weighted by molar-refractivity contribution is 7.80. The number of alkyl halides is 3. The zero-order valence-electron chi connectivity index (χ0n) is 13.6. The highest BCUT2D eigenvalue weighted by Crippen LogP contribution is 2.36. The molecule has 0 heterocycles. The molecule has 9 heteroatoms. The number of hydrazone groups is 1. The van der Waals surface area contributed by atoms with Crippen LogP contribution >= 0.6 is 23.8 Å². The molecule has 4 nitrogen and oxygen atoms in total. The van der Waals surface area contributed by atoms with Crippen LogP contribution in [0.1, 0.15) is 18.1 Å². The van der Waals surface area contributed by atoms with Crippen molar-refractivity contribution in [1.29, 1.82) is 0 Å². The smallest absolute Gasteiger partial charge is 0.418 e. The Labute approximate surface area is 159 Å². The molecular formula is C17H15ClF3N3OS.